The van der Waals surface area contributed by atoms with Gasteiger partial charge in [-0.1, -0.05) is 0 Å². The molecule has 4 saturated heterocycles. The van der Waals surface area contributed by atoms with Gasteiger partial charge in [-0.2, -0.15) is 11.8 Å². The number of amides is 2. The number of hydrogen-bond donors (Lipinski definition) is 14. The molecule has 4 aliphatic rings. The summed E-state index contributed by atoms with van der Waals surface area (Å²) in [5.41, 5.74) is -1.32. The van der Waals surface area contributed by atoms with E-state index in [1.165, 1.54) is 11.8 Å². The minimum Gasteiger partial charge on any atom is -0.488 e. The Bertz CT molecular complexity index is 1960. The predicted molar refractivity (Wildman–Crippen MR) is 225 cm³/mol. The van der Waals surface area contributed by atoms with Gasteiger partial charge in [0.15, 0.2) is 43.1 Å². The third kappa shape index (κ3) is 13.2. The fraction of sp³-hybridized carbons (Fsp3) is 0.795. The van der Waals surface area contributed by atoms with Gasteiger partial charge in [0.05, 0.1) is 26.4 Å². The summed E-state index contributed by atoms with van der Waals surface area (Å²) in [7, 11) is 0. The van der Waals surface area contributed by atoms with Crippen molar-refractivity contribution >= 4 is 41.2 Å². The van der Waals surface area contributed by atoms with Gasteiger partial charge in [-0.3, -0.25) is 19.2 Å². The van der Waals surface area contributed by atoms with Crippen LogP contribution in [0.2, 0.25) is 0 Å². The number of hydrogen-bond acceptors (Lipinski definition) is 26. The van der Waals surface area contributed by atoms with Crippen LogP contribution in [-0.4, -0.2) is 247 Å². The normalized spacial score (nSPS) is 38.3. The zero-order chi connectivity index (χ0) is 51.0. The highest BCUT2D eigenvalue weighted by Gasteiger charge is 2.56. The van der Waals surface area contributed by atoms with Gasteiger partial charge in [0.1, 0.15) is 91.0 Å². The fourth-order valence-corrected chi connectivity index (χ4v) is 8.63. The van der Waals surface area contributed by atoms with Crippen molar-refractivity contribution in [3.8, 4) is 5.75 Å². The molecule has 20 atom stereocenters. The van der Waals surface area contributed by atoms with Crippen molar-refractivity contribution in [1.29, 1.82) is 0 Å². The molecule has 2 amide bonds. The molecule has 14 N–H and O–H groups in total. The molecular weight excluding hydrogens is 958 g/mol. The van der Waals surface area contributed by atoms with Crippen LogP contribution in [-0.2, 0) is 57.1 Å². The lowest BCUT2D eigenvalue weighted by Crippen LogP contribution is -2.69. The second kappa shape index (κ2) is 25.1. The zero-order valence-electron chi connectivity index (χ0n) is 37.2. The van der Waals surface area contributed by atoms with Crippen LogP contribution in [0, 0.1) is 0 Å². The van der Waals surface area contributed by atoms with Crippen molar-refractivity contribution in [3.63, 3.8) is 0 Å². The Labute approximate surface area is 395 Å². The Balaban J connectivity index is 1.35. The quantitative estimate of drug-likeness (QED) is 0.0358. The van der Waals surface area contributed by atoms with E-state index in [2.05, 4.69) is 16.0 Å². The Morgan fingerprint density at radius 2 is 1.12 bits per heavy atom. The first-order valence-corrected chi connectivity index (χ1v) is 22.8. The van der Waals surface area contributed by atoms with Gasteiger partial charge in [0.25, 0.3) is 10.9 Å². The maximum absolute atomic E-state index is 12.6. The number of carbonyl (C=O) groups excluding carboxylic acids is 2. The number of anilines is 1. The van der Waals surface area contributed by atoms with Crippen LogP contribution in [0.4, 0.5) is 5.69 Å². The summed E-state index contributed by atoms with van der Waals surface area (Å²) in [6.45, 7) is 2.42. The summed E-state index contributed by atoms with van der Waals surface area (Å²) < 4.78 is 51.2. The van der Waals surface area contributed by atoms with Crippen LogP contribution in [0.15, 0.2) is 9.59 Å². The van der Waals surface area contributed by atoms with Gasteiger partial charge in [-0.25, -0.2) is 9.59 Å². The van der Waals surface area contributed by atoms with Crippen LogP contribution in [0.3, 0.4) is 0 Å². The van der Waals surface area contributed by atoms with E-state index in [1.807, 2.05) is 0 Å². The first kappa shape index (κ1) is 56.1. The Morgan fingerprint density at radius 3 is 1.59 bits per heavy atom. The number of aliphatic hydroxyl groups is 9. The fourth-order valence-electron chi connectivity index (χ4n) is 7.86. The first-order chi connectivity index (χ1) is 32.6. The van der Waals surface area contributed by atoms with Crippen molar-refractivity contribution < 1.29 is 118 Å². The van der Waals surface area contributed by atoms with Crippen LogP contribution in [0.1, 0.15) is 27.2 Å². The number of aliphatic carboxylic acids is 2. The SMILES string of the molecule is CCOc1c(NCCSCCCO[C@@H]2O[C@H](CO[C@@H]3O[C@H](CO)[C@@H](O)[C@H](O[C@@H]4O[C@H](C(=O)O)[C@@H](O)[C@H](O)[C@H]4O)[C@H]3NC(C)=O)[C@@H](O)[C@H](O[C@@H]3O[C@H](C(=O)O)[C@@H](O)[C@H](O)[C@H]3O)[C@H]2NC(C)=O)c(=O)c1=O. The van der Waals surface area contributed by atoms with Crippen molar-refractivity contribution in [3.05, 3.63) is 20.4 Å². The van der Waals surface area contributed by atoms with Gasteiger partial charge in [0.2, 0.25) is 11.8 Å². The molecule has 4 aliphatic heterocycles. The first-order valence-electron chi connectivity index (χ1n) is 21.6. The maximum Gasteiger partial charge on any atom is 0.335 e. The molecule has 0 bridgehead atoms. The van der Waals surface area contributed by atoms with Crippen LogP contribution < -0.4 is 31.5 Å². The molecule has 29 nitrogen and oxygen atoms in total. The van der Waals surface area contributed by atoms with E-state index in [4.69, 9.17) is 42.6 Å². The average Bonchev–Trinajstić information content (AvgIpc) is 3.30. The summed E-state index contributed by atoms with van der Waals surface area (Å²) in [5.74, 6) is -4.18. The molecule has 0 unspecified atom stereocenters. The van der Waals surface area contributed by atoms with E-state index in [0.717, 1.165) is 13.8 Å². The van der Waals surface area contributed by atoms with Gasteiger partial charge in [-0.05, 0) is 19.1 Å². The van der Waals surface area contributed by atoms with Crippen molar-refractivity contribution in [2.45, 2.75) is 150 Å². The highest BCUT2D eigenvalue weighted by molar-refractivity contribution is 7.99. The lowest BCUT2D eigenvalue weighted by Gasteiger charge is -2.48. The smallest absolute Gasteiger partial charge is 0.335 e. The third-order valence-corrected chi connectivity index (χ3v) is 12.4. The van der Waals surface area contributed by atoms with E-state index in [-0.39, 0.29) is 24.7 Å². The molecule has 0 saturated carbocycles. The molecular formula is C39H59N3O26S. The summed E-state index contributed by atoms with van der Waals surface area (Å²) in [6.07, 6.45) is -35.0. The minimum atomic E-state index is -2.15. The van der Waals surface area contributed by atoms with Crippen molar-refractivity contribution in [1.82, 2.24) is 10.6 Å². The van der Waals surface area contributed by atoms with Crippen LogP contribution in [0.5, 0.6) is 5.75 Å². The van der Waals surface area contributed by atoms with Crippen molar-refractivity contribution in [2.24, 2.45) is 0 Å². The Hall–Kier alpha value is -3.77. The largest absolute Gasteiger partial charge is 0.488 e. The number of carboxylic acid groups (broad SMARTS) is 2. The molecule has 0 radical (unpaired) electrons. The Kier molecular flexibility index (Phi) is 20.4. The van der Waals surface area contributed by atoms with Crippen LogP contribution in [0.25, 0.3) is 0 Å². The molecule has 5 rings (SSSR count). The molecule has 1 aromatic carbocycles. The topological polar surface area (TPSA) is 444 Å². The van der Waals surface area contributed by atoms with Crippen molar-refractivity contribution in [2.75, 3.05) is 49.8 Å². The van der Waals surface area contributed by atoms with Gasteiger partial charge < -0.3 is 115 Å². The summed E-state index contributed by atoms with van der Waals surface area (Å²) in [5, 5.41) is 123. The van der Waals surface area contributed by atoms with E-state index < -0.39 is 171 Å². The molecule has 4 fully saturated rings. The third-order valence-electron chi connectivity index (χ3n) is 11.3. The second-order valence-corrected chi connectivity index (χ2v) is 17.5. The van der Waals surface area contributed by atoms with E-state index in [1.54, 1.807) is 6.92 Å². The van der Waals surface area contributed by atoms with E-state index in [9.17, 15) is 84.9 Å². The monoisotopic (exact) mass is 1020 g/mol. The van der Waals surface area contributed by atoms with E-state index >= 15 is 0 Å². The summed E-state index contributed by atoms with van der Waals surface area (Å²) in [6, 6.07) is -3.14. The summed E-state index contributed by atoms with van der Waals surface area (Å²) in [4.78, 5) is 72.5. The number of aliphatic hydroxyl groups excluding tert-OH is 9. The van der Waals surface area contributed by atoms with E-state index in [0.29, 0.717) is 24.5 Å². The van der Waals surface area contributed by atoms with Gasteiger partial charge >= 0.3 is 11.9 Å². The molecule has 69 heavy (non-hydrogen) atoms. The van der Waals surface area contributed by atoms with Gasteiger partial charge in [-0.15, -0.1) is 0 Å². The van der Waals surface area contributed by atoms with Crippen LogP contribution >= 0.6 is 11.8 Å². The average molecular weight is 1020 g/mol. The Morgan fingerprint density at radius 1 is 0.623 bits per heavy atom. The molecule has 30 heteroatoms. The lowest BCUT2D eigenvalue weighted by molar-refractivity contribution is -0.352. The highest BCUT2D eigenvalue weighted by Crippen LogP contribution is 2.33. The molecule has 1 aromatic rings. The standard InChI is InChI=1S/C39H59N3O26S/c1-4-60-29-16(21(48)24(29)51)40-6-9-69-8-5-7-61-36-17(41-12(2)44)31(66-39-28(55)23(50)26(53)33(68-39)35(58)59)20(47)15(64-36)11-62-37-18(42-13(3)45)30(19(46)14(10-43)63-37)65-38-27(54)22(49)25(52)32(67-38)34(56)57/h14-15,17-20,22-23,25-28,30-33,36-40,43,46-47,49-50,52-55H,4-11H2,1-3H3,(H,41,44)(H,42,45)(H,56,57)(H,58,59)/t14-,15-,17-,18-,19-,20-,22+,23+,25+,26+,27-,28-,30-,31-,32+,33+,36-,37-,38-,39-/m1/s1. The lowest BCUT2D eigenvalue weighted by atomic mass is 9.94. The zero-order valence-corrected chi connectivity index (χ0v) is 38.0. The highest BCUT2D eigenvalue weighted by atomic mass is 32.2. The number of ether oxygens (including phenoxy) is 9. The second-order valence-electron chi connectivity index (χ2n) is 16.3. The van der Waals surface area contributed by atoms with Gasteiger partial charge in [0, 0.05) is 26.1 Å². The molecule has 4 heterocycles. The number of rotatable bonds is 23. The molecule has 392 valence electrons. The minimum absolute atomic E-state index is 0.0325. The molecule has 0 aromatic heterocycles. The number of nitrogens with one attached hydrogen (secondary N) is 3. The number of carbonyl (C=O) groups is 4. The summed E-state index contributed by atoms with van der Waals surface area (Å²) >= 11 is 1.42. The molecule has 0 aliphatic carbocycles. The maximum atomic E-state index is 12.6. The predicted octanol–water partition coefficient (Wildman–Crippen LogP) is -8.02. The number of thioether (sulfide) groups is 1. The number of carboxylic acids is 2. The molecule has 0 spiro atoms.